The van der Waals surface area contributed by atoms with Crippen LogP contribution in [0.3, 0.4) is 0 Å². The van der Waals surface area contributed by atoms with Crippen LogP contribution in [0.1, 0.15) is 71.2 Å². The molecule has 1 heterocycles. The second-order valence-electron chi connectivity index (χ2n) is 8.13. The molecule has 31 heavy (non-hydrogen) atoms. The van der Waals surface area contributed by atoms with Crippen molar-refractivity contribution in [2.24, 2.45) is 0 Å². The summed E-state index contributed by atoms with van der Waals surface area (Å²) < 4.78 is 16.3. The summed E-state index contributed by atoms with van der Waals surface area (Å²) in [4.78, 5) is 49.0. The van der Waals surface area contributed by atoms with Gasteiger partial charge in [-0.1, -0.05) is 6.92 Å². The summed E-state index contributed by atoms with van der Waals surface area (Å²) >= 11 is 0. The SMILES string of the molecule is CC(=O)Oc1ccc(OC(C)=O)c2cc3c(cc12)C(=O)c1occ2c1[C@]3(C)CCC2=O. The van der Waals surface area contributed by atoms with E-state index in [0.29, 0.717) is 46.1 Å². The Morgan fingerprint density at radius 2 is 1.58 bits per heavy atom. The molecule has 7 heteroatoms. The van der Waals surface area contributed by atoms with Gasteiger partial charge in [0.1, 0.15) is 17.8 Å². The van der Waals surface area contributed by atoms with Gasteiger partial charge in [-0.3, -0.25) is 19.2 Å². The van der Waals surface area contributed by atoms with Crippen LogP contribution < -0.4 is 9.47 Å². The van der Waals surface area contributed by atoms with Gasteiger partial charge in [0.15, 0.2) is 11.5 Å². The summed E-state index contributed by atoms with van der Waals surface area (Å²) in [6, 6.07) is 6.52. The zero-order chi connectivity index (χ0) is 22.1. The number of furan rings is 1. The maximum Gasteiger partial charge on any atom is 0.308 e. The predicted octanol–water partition coefficient (Wildman–Crippen LogP) is 4.11. The fourth-order valence-corrected chi connectivity index (χ4v) is 4.76. The van der Waals surface area contributed by atoms with Crippen LogP contribution in [0.25, 0.3) is 10.8 Å². The Morgan fingerprint density at radius 1 is 0.968 bits per heavy atom. The number of hydrogen-bond acceptors (Lipinski definition) is 7. The predicted molar refractivity (Wildman–Crippen MR) is 109 cm³/mol. The average Bonchev–Trinajstić information content (AvgIpc) is 3.17. The Balaban J connectivity index is 1.84. The first-order valence-electron chi connectivity index (χ1n) is 9.88. The third-order valence-electron chi connectivity index (χ3n) is 6.12. The third-order valence-corrected chi connectivity index (χ3v) is 6.12. The number of Topliss-reactive ketones (excluding diaryl/α,β-unsaturated/α-hetero) is 1. The number of carbonyl (C=O) groups is 4. The molecule has 0 aliphatic heterocycles. The van der Waals surface area contributed by atoms with Gasteiger partial charge in [0.2, 0.25) is 5.78 Å². The summed E-state index contributed by atoms with van der Waals surface area (Å²) in [7, 11) is 0. The van der Waals surface area contributed by atoms with Crippen LogP contribution in [0, 0.1) is 0 Å². The van der Waals surface area contributed by atoms with Gasteiger partial charge < -0.3 is 13.9 Å². The van der Waals surface area contributed by atoms with Crippen LogP contribution >= 0.6 is 0 Å². The number of hydrogen-bond donors (Lipinski definition) is 0. The van der Waals surface area contributed by atoms with Crippen LogP contribution in [-0.2, 0) is 15.0 Å². The summed E-state index contributed by atoms with van der Waals surface area (Å²) in [6.45, 7) is 4.56. The minimum Gasteiger partial charge on any atom is -0.460 e. The van der Waals surface area contributed by atoms with Crippen molar-refractivity contribution in [2.45, 2.75) is 39.0 Å². The molecule has 0 spiro atoms. The minimum atomic E-state index is -0.617. The second kappa shape index (κ2) is 6.38. The number of ether oxygens (including phenoxy) is 2. The van der Waals surface area contributed by atoms with Gasteiger partial charge in [-0.15, -0.1) is 0 Å². The zero-order valence-corrected chi connectivity index (χ0v) is 17.2. The maximum atomic E-state index is 13.3. The van der Waals surface area contributed by atoms with E-state index in [1.165, 1.54) is 26.2 Å². The molecule has 1 atom stereocenters. The molecule has 0 N–H and O–H groups in total. The van der Waals surface area contributed by atoms with Crippen molar-refractivity contribution < 1.29 is 33.1 Å². The number of rotatable bonds is 2. The average molecular weight is 418 g/mol. The van der Waals surface area contributed by atoms with E-state index in [1.54, 1.807) is 18.2 Å². The zero-order valence-electron chi connectivity index (χ0n) is 17.2. The van der Waals surface area contributed by atoms with Crippen LogP contribution in [0.15, 0.2) is 34.9 Å². The topological polar surface area (TPSA) is 99.9 Å². The van der Waals surface area contributed by atoms with Gasteiger partial charge in [-0.2, -0.15) is 0 Å². The van der Waals surface area contributed by atoms with E-state index in [0.717, 1.165) is 5.56 Å². The minimum absolute atomic E-state index is 0.0442. The Kier molecular flexibility index (Phi) is 3.96. The van der Waals surface area contributed by atoms with E-state index in [2.05, 4.69) is 0 Å². The van der Waals surface area contributed by atoms with Crippen molar-refractivity contribution in [3.63, 3.8) is 0 Å². The molecule has 7 nitrogen and oxygen atoms in total. The first kappa shape index (κ1) is 19.2. The van der Waals surface area contributed by atoms with Crippen molar-refractivity contribution in [1.29, 1.82) is 0 Å². The molecular formula is C24H18O7. The molecule has 0 fully saturated rings. The van der Waals surface area contributed by atoms with Crippen molar-refractivity contribution in [1.82, 2.24) is 0 Å². The molecule has 3 aromatic rings. The van der Waals surface area contributed by atoms with Crippen molar-refractivity contribution >= 4 is 34.3 Å². The van der Waals surface area contributed by atoms with Gasteiger partial charge >= 0.3 is 11.9 Å². The summed E-state index contributed by atoms with van der Waals surface area (Å²) in [6.07, 6.45) is 2.21. The largest absolute Gasteiger partial charge is 0.460 e. The van der Waals surface area contributed by atoms with Gasteiger partial charge in [-0.25, -0.2) is 0 Å². The molecule has 0 unspecified atom stereocenters. The van der Waals surface area contributed by atoms with Gasteiger partial charge in [-0.05, 0) is 36.2 Å². The monoisotopic (exact) mass is 418 g/mol. The molecule has 2 aliphatic carbocycles. The smallest absolute Gasteiger partial charge is 0.308 e. The number of ketones is 2. The Hall–Kier alpha value is -3.74. The van der Waals surface area contributed by atoms with Crippen molar-refractivity contribution in [2.75, 3.05) is 0 Å². The molecule has 5 rings (SSSR count). The van der Waals surface area contributed by atoms with Crippen LogP contribution in [0.5, 0.6) is 11.5 Å². The van der Waals surface area contributed by atoms with Crippen LogP contribution in [-0.4, -0.2) is 23.5 Å². The summed E-state index contributed by atoms with van der Waals surface area (Å²) in [5, 5.41) is 0.999. The number of fused-ring (bicyclic) bond motifs is 3. The molecule has 156 valence electrons. The van der Waals surface area contributed by atoms with E-state index in [1.807, 2.05) is 6.92 Å². The van der Waals surface area contributed by atoms with Crippen molar-refractivity contribution in [3.05, 3.63) is 58.5 Å². The molecule has 0 saturated heterocycles. The Bertz CT molecular complexity index is 1340. The lowest BCUT2D eigenvalue weighted by Crippen LogP contribution is -2.37. The van der Waals surface area contributed by atoms with E-state index in [9.17, 15) is 19.2 Å². The van der Waals surface area contributed by atoms with E-state index in [4.69, 9.17) is 13.9 Å². The van der Waals surface area contributed by atoms with E-state index in [-0.39, 0.29) is 23.1 Å². The van der Waals surface area contributed by atoms with E-state index < -0.39 is 17.4 Å². The Morgan fingerprint density at radius 3 is 2.19 bits per heavy atom. The quantitative estimate of drug-likeness (QED) is 0.456. The molecule has 1 aromatic heterocycles. The summed E-state index contributed by atoms with van der Waals surface area (Å²) in [5.74, 6) is -0.673. The normalized spacial score (nSPS) is 19.1. The number of esters is 2. The summed E-state index contributed by atoms with van der Waals surface area (Å²) in [5.41, 5.74) is 1.57. The fourth-order valence-electron chi connectivity index (χ4n) is 4.76. The highest BCUT2D eigenvalue weighted by atomic mass is 16.5. The van der Waals surface area contributed by atoms with Gasteiger partial charge in [0, 0.05) is 47.6 Å². The van der Waals surface area contributed by atoms with Gasteiger partial charge in [0.05, 0.1) is 5.56 Å². The first-order valence-corrected chi connectivity index (χ1v) is 9.88. The lowest BCUT2D eigenvalue weighted by Gasteiger charge is -2.38. The van der Waals surface area contributed by atoms with Crippen molar-refractivity contribution in [3.8, 4) is 11.5 Å². The van der Waals surface area contributed by atoms with Gasteiger partial charge in [0.25, 0.3) is 0 Å². The molecule has 0 amide bonds. The molecule has 0 bridgehead atoms. The lowest BCUT2D eigenvalue weighted by molar-refractivity contribution is -0.132. The molecule has 0 saturated carbocycles. The second-order valence-corrected chi connectivity index (χ2v) is 8.13. The lowest BCUT2D eigenvalue weighted by atomic mass is 9.62. The highest BCUT2D eigenvalue weighted by molar-refractivity contribution is 6.16. The Labute approximate surface area is 176 Å². The number of benzene rings is 2. The van der Waals surface area contributed by atoms with Crippen LogP contribution in [0.2, 0.25) is 0 Å². The van der Waals surface area contributed by atoms with Crippen LogP contribution in [0.4, 0.5) is 0 Å². The maximum absolute atomic E-state index is 13.3. The number of carbonyl (C=O) groups excluding carboxylic acids is 4. The third kappa shape index (κ3) is 2.66. The molecule has 2 aromatic carbocycles. The first-order chi connectivity index (χ1) is 14.7. The fraction of sp³-hybridized carbons (Fsp3) is 0.250. The highest BCUT2D eigenvalue weighted by Gasteiger charge is 2.48. The highest BCUT2D eigenvalue weighted by Crippen LogP contribution is 2.51. The standard InChI is InChI=1S/C24H18O7/c1-11(25)30-19-4-5-20(31-12(2)26)14-9-17-15(8-13(14)19)22(28)23-21-16(10-29-23)18(27)6-7-24(17,21)3/h4-5,8-10H,6-7H2,1-3H3/t24-/m1/s1. The molecule has 0 radical (unpaired) electrons. The van der Waals surface area contributed by atoms with E-state index >= 15 is 0 Å². The molecular weight excluding hydrogens is 400 g/mol. The molecule has 2 aliphatic rings.